The molecule has 0 aromatic heterocycles. The zero-order valence-corrected chi connectivity index (χ0v) is 21.0. The zero-order valence-electron chi connectivity index (χ0n) is 18.7. The minimum absolute atomic E-state index is 0.166. The number of para-hydroxylation sites is 1. The van der Waals surface area contributed by atoms with Crippen LogP contribution >= 0.6 is 23.2 Å². The van der Waals surface area contributed by atoms with Crippen molar-refractivity contribution in [1.29, 1.82) is 0 Å². The molecule has 1 amide bonds. The third-order valence-corrected chi connectivity index (χ3v) is 8.81. The van der Waals surface area contributed by atoms with Crippen LogP contribution in [0.5, 0.6) is 0 Å². The van der Waals surface area contributed by atoms with E-state index in [0.29, 0.717) is 5.02 Å². The molecule has 0 aliphatic carbocycles. The summed E-state index contributed by atoms with van der Waals surface area (Å²) < 4.78 is 71.3. The number of ether oxygens (including phenoxy) is 1. The number of carbonyl (C=O) groups excluding carboxylic acids is 1. The summed E-state index contributed by atoms with van der Waals surface area (Å²) in [7, 11) is -3.59. The lowest BCUT2D eigenvalue weighted by molar-refractivity contribution is -0.142. The summed E-state index contributed by atoms with van der Waals surface area (Å²) in [6.45, 7) is -0.166. The van der Waals surface area contributed by atoms with Crippen molar-refractivity contribution >= 4 is 44.6 Å². The molecule has 1 saturated heterocycles. The Balaban J connectivity index is 1.38. The van der Waals surface area contributed by atoms with Crippen LogP contribution in [0.1, 0.15) is 12.8 Å². The van der Waals surface area contributed by atoms with Gasteiger partial charge in [0.2, 0.25) is 5.88 Å². The van der Waals surface area contributed by atoms with Gasteiger partial charge in [0.15, 0.2) is 16.4 Å². The molecule has 1 atom stereocenters. The summed E-state index contributed by atoms with van der Waals surface area (Å²) in [4.78, 5) is 14.3. The second-order valence-corrected chi connectivity index (χ2v) is 11.4. The summed E-state index contributed by atoms with van der Waals surface area (Å²) >= 11 is 12.0. The van der Waals surface area contributed by atoms with Crippen LogP contribution in [0.2, 0.25) is 10.0 Å². The molecule has 2 aliphatic rings. The number of hydrazine groups is 1. The minimum Gasteiger partial charge on any atom is -0.468 e. The SMILES string of the molecule is O=C(COC1=CC(C(F)(F)F)NN1c1ccccc1Cl)N1CCC(S(=O)(=O)c2ccc(Cl)cc2)CC1. The van der Waals surface area contributed by atoms with Crippen molar-refractivity contribution in [3.8, 4) is 0 Å². The van der Waals surface area contributed by atoms with E-state index in [1.807, 2.05) is 0 Å². The van der Waals surface area contributed by atoms with E-state index in [1.165, 1.54) is 41.3 Å². The molecule has 2 aromatic carbocycles. The first-order valence-electron chi connectivity index (χ1n) is 11.0. The fraction of sp³-hybridized carbons (Fsp3) is 0.348. The molecule has 36 heavy (non-hydrogen) atoms. The first kappa shape index (κ1) is 26.6. The standard InChI is InChI=1S/C23H22Cl2F3N3O4S/c24-15-5-7-16(8-6-15)36(33,34)17-9-11-30(12-10-17)21(32)14-35-22-13-20(23(26,27)28)29-31(22)19-4-2-1-3-18(19)25/h1-8,13,17,20,29H,9-12,14H2. The number of hydrogen-bond acceptors (Lipinski definition) is 6. The number of nitrogens with one attached hydrogen (secondary N) is 1. The van der Waals surface area contributed by atoms with Gasteiger partial charge in [0.1, 0.15) is 6.04 Å². The molecule has 13 heteroatoms. The Bertz CT molecular complexity index is 1250. The van der Waals surface area contributed by atoms with Gasteiger partial charge in [-0.25, -0.2) is 18.9 Å². The van der Waals surface area contributed by atoms with Crippen molar-refractivity contribution in [2.24, 2.45) is 0 Å². The number of carbonyl (C=O) groups is 1. The van der Waals surface area contributed by atoms with Crippen LogP contribution in [-0.4, -0.2) is 56.4 Å². The molecule has 1 unspecified atom stereocenters. The third kappa shape index (κ3) is 5.74. The predicted octanol–water partition coefficient (Wildman–Crippen LogP) is 4.57. The molecule has 0 radical (unpaired) electrons. The molecule has 1 N–H and O–H groups in total. The Hall–Kier alpha value is -2.47. The number of alkyl halides is 3. The van der Waals surface area contributed by atoms with Crippen LogP contribution in [0, 0.1) is 0 Å². The number of piperidine rings is 1. The highest BCUT2D eigenvalue weighted by Gasteiger charge is 2.45. The smallest absolute Gasteiger partial charge is 0.409 e. The van der Waals surface area contributed by atoms with Gasteiger partial charge in [0.05, 0.1) is 20.9 Å². The number of anilines is 1. The van der Waals surface area contributed by atoms with Crippen molar-refractivity contribution in [2.75, 3.05) is 24.7 Å². The number of hydrogen-bond donors (Lipinski definition) is 1. The van der Waals surface area contributed by atoms with Crippen molar-refractivity contribution in [3.63, 3.8) is 0 Å². The molecule has 2 aromatic rings. The lowest BCUT2D eigenvalue weighted by atomic mass is 10.1. The molecular formula is C23H22Cl2F3N3O4S. The van der Waals surface area contributed by atoms with Gasteiger partial charge in [-0.2, -0.15) is 13.2 Å². The van der Waals surface area contributed by atoms with E-state index in [-0.39, 0.29) is 47.4 Å². The number of rotatable bonds is 6. The summed E-state index contributed by atoms with van der Waals surface area (Å²) in [6.07, 6.45) is -3.31. The topological polar surface area (TPSA) is 79.0 Å². The highest BCUT2D eigenvalue weighted by atomic mass is 35.5. The maximum absolute atomic E-state index is 13.3. The van der Waals surface area contributed by atoms with E-state index in [9.17, 15) is 26.4 Å². The van der Waals surface area contributed by atoms with Crippen LogP contribution in [0.15, 0.2) is 65.4 Å². The van der Waals surface area contributed by atoms with E-state index >= 15 is 0 Å². The number of halogens is 5. The van der Waals surface area contributed by atoms with Crippen molar-refractivity contribution in [3.05, 3.63) is 70.5 Å². The van der Waals surface area contributed by atoms with E-state index in [2.05, 4.69) is 5.43 Å². The van der Waals surface area contributed by atoms with E-state index in [4.69, 9.17) is 27.9 Å². The van der Waals surface area contributed by atoms with Crippen molar-refractivity contribution < 1.29 is 31.1 Å². The largest absolute Gasteiger partial charge is 0.468 e. The van der Waals surface area contributed by atoms with Crippen LogP contribution < -0.4 is 10.4 Å². The summed E-state index contributed by atoms with van der Waals surface area (Å²) in [5, 5.41) is 1.02. The molecule has 0 spiro atoms. The van der Waals surface area contributed by atoms with Crippen LogP contribution in [0.25, 0.3) is 0 Å². The van der Waals surface area contributed by atoms with E-state index in [0.717, 1.165) is 11.1 Å². The van der Waals surface area contributed by atoms with Gasteiger partial charge in [0.25, 0.3) is 5.91 Å². The summed E-state index contributed by atoms with van der Waals surface area (Å²) in [6, 6.07) is 10.2. The Kier molecular flexibility index (Phi) is 7.75. The number of benzene rings is 2. The molecule has 2 aliphatic heterocycles. The highest BCUT2D eigenvalue weighted by Crippen LogP contribution is 2.34. The monoisotopic (exact) mass is 563 g/mol. The first-order chi connectivity index (χ1) is 17.0. The lowest BCUT2D eigenvalue weighted by Crippen LogP contribution is -2.46. The van der Waals surface area contributed by atoms with Gasteiger partial charge >= 0.3 is 6.18 Å². The fourth-order valence-electron chi connectivity index (χ4n) is 4.02. The Labute approximate surface area is 216 Å². The zero-order chi connectivity index (χ0) is 26.1. The Morgan fingerprint density at radius 3 is 2.31 bits per heavy atom. The Morgan fingerprint density at radius 1 is 1.06 bits per heavy atom. The highest BCUT2D eigenvalue weighted by molar-refractivity contribution is 7.92. The fourth-order valence-corrected chi connectivity index (χ4v) is 6.10. The van der Waals surface area contributed by atoms with Gasteiger partial charge in [-0.05, 0) is 49.2 Å². The molecule has 2 heterocycles. The van der Waals surface area contributed by atoms with Gasteiger partial charge in [0, 0.05) is 24.2 Å². The Morgan fingerprint density at radius 2 is 1.69 bits per heavy atom. The quantitative estimate of drug-likeness (QED) is 0.554. The van der Waals surface area contributed by atoms with Crippen LogP contribution in [0.4, 0.5) is 18.9 Å². The molecule has 4 rings (SSSR count). The van der Waals surface area contributed by atoms with Crippen molar-refractivity contribution in [1.82, 2.24) is 10.3 Å². The number of amides is 1. The van der Waals surface area contributed by atoms with Gasteiger partial charge < -0.3 is 9.64 Å². The number of sulfone groups is 1. The summed E-state index contributed by atoms with van der Waals surface area (Å²) in [5.41, 5.74) is 2.52. The average Bonchev–Trinajstić information content (AvgIpc) is 3.28. The normalized spacial score (nSPS) is 19.4. The average molecular weight is 564 g/mol. The lowest BCUT2D eigenvalue weighted by Gasteiger charge is -2.32. The van der Waals surface area contributed by atoms with E-state index in [1.54, 1.807) is 12.1 Å². The van der Waals surface area contributed by atoms with Gasteiger partial charge in [-0.1, -0.05) is 35.3 Å². The predicted molar refractivity (Wildman–Crippen MR) is 129 cm³/mol. The number of nitrogens with zero attached hydrogens (tertiary/aromatic N) is 2. The van der Waals surface area contributed by atoms with E-state index < -0.39 is 39.8 Å². The van der Waals surface area contributed by atoms with Crippen LogP contribution in [-0.2, 0) is 19.4 Å². The van der Waals surface area contributed by atoms with Crippen molar-refractivity contribution in [2.45, 2.75) is 35.2 Å². The second kappa shape index (κ2) is 10.5. The maximum atomic E-state index is 13.3. The molecule has 0 bridgehead atoms. The first-order valence-corrected chi connectivity index (χ1v) is 13.3. The molecular weight excluding hydrogens is 542 g/mol. The third-order valence-electron chi connectivity index (χ3n) is 5.96. The molecule has 0 saturated carbocycles. The summed E-state index contributed by atoms with van der Waals surface area (Å²) in [5.74, 6) is -0.674. The molecule has 7 nitrogen and oxygen atoms in total. The van der Waals surface area contributed by atoms with Gasteiger partial charge in [-0.15, -0.1) is 0 Å². The van der Waals surface area contributed by atoms with Gasteiger partial charge in [-0.3, -0.25) is 4.79 Å². The molecule has 194 valence electrons. The second-order valence-electron chi connectivity index (χ2n) is 8.31. The maximum Gasteiger partial charge on any atom is 0.409 e. The van der Waals surface area contributed by atoms with Crippen LogP contribution in [0.3, 0.4) is 0 Å². The number of likely N-dealkylation sites (tertiary alicyclic amines) is 1. The minimum atomic E-state index is -4.59. The molecule has 1 fully saturated rings.